The average molecular weight is 497 g/mol. The van der Waals surface area contributed by atoms with Crippen LogP contribution in [0.25, 0.3) is 0 Å². The molecule has 0 saturated heterocycles. The molecule has 0 bridgehead atoms. The number of aryl methyl sites for hydroxylation is 1. The fourth-order valence-electron chi connectivity index (χ4n) is 2.62. The third kappa shape index (κ3) is 6.68. The lowest BCUT2D eigenvalue weighted by Crippen LogP contribution is -2.24. The molecule has 3 aromatic carbocycles. The van der Waals surface area contributed by atoms with Crippen molar-refractivity contribution in [2.24, 2.45) is 5.10 Å². The van der Waals surface area contributed by atoms with E-state index in [4.69, 9.17) is 14.2 Å². The molecule has 0 aliphatic heterocycles. The Labute approximate surface area is 194 Å². The van der Waals surface area contributed by atoms with Crippen LogP contribution in [0.3, 0.4) is 0 Å². The first-order valence-corrected chi connectivity index (χ1v) is 10.4. The standard InChI is InChI=1S/C24H21BrN2O5/c1-16-6-9-20(10-7-16)31-15-23(28)27-26-14-17-8-11-21(22(12-17)30-2)32-24(29)18-4-3-5-19(25)13-18/h3-14H,15H2,1-2H3,(H,27,28)/b26-14-. The second-order valence-electron chi connectivity index (χ2n) is 6.71. The van der Waals surface area contributed by atoms with Crippen molar-refractivity contribution >= 4 is 34.0 Å². The lowest BCUT2D eigenvalue weighted by Gasteiger charge is -2.10. The molecule has 32 heavy (non-hydrogen) atoms. The van der Waals surface area contributed by atoms with Crippen LogP contribution in [0.5, 0.6) is 17.2 Å². The predicted molar refractivity (Wildman–Crippen MR) is 125 cm³/mol. The zero-order valence-corrected chi connectivity index (χ0v) is 19.1. The second kappa shape index (κ2) is 11.1. The highest BCUT2D eigenvalue weighted by molar-refractivity contribution is 9.10. The summed E-state index contributed by atoms with van der Waals surface area (Å²) in [7, 11) is 1.47. The van der Waals surface area contributed by atoms with Crippen LogP contribution in [-0.2, 0) is 4.79 Å². The van der Waals surface area contributed by atoms with Gasteiger partial charge in [-0.1, -0.05) is 39.7 Å². The Morgan fingerprint density at radius 1 is 1.03 bits per heavy atom. The number of esters is 1. The van der Waals surface area contributed by atoms with E-state index in [1.54, 1.807) is 48.5 Å². The number of carbonyl (C=O) groups excluding carboxylic acids is 2. The number of carbonyl (C=O) groups is 2. The molecule has 0 saturated carbocycles. The van der Waals surface area contributed by atoms with Gasteiger partial charge in [-0.15, -0.1) is 0 Å². The lowest BCUT2D eigenvalue weighted by atomic mass is 10.2. The smallest absolute Gasteiger partial charge is 0.343 e. The van der Waals surface area contributed by atoms with E-state index in [0.717, 1.165) is 10.0 Å². The van der Waals surface area contributed by atoms with Gasteiger partial charge >= 0.3 is 5.97 Å². The molecular formula is C24H21BrN2O5. The Hall–Kier alpha value is -3.65. The number of nitrogens with one attached hydrogen (secondary N) is 1. The van der Waals surface area contributed by atoms with Crippen molar-refractivity contribution in [1.29, 1.82) is 0 Å². The molecule has 8 heteroatoms. The largest absolute Gasteiger partial charge is 0.493 e. The van der Waals surface area contributed by atoms with Crippen molar-refractivity contribution in [2.45, 2.75) is 6.92 Å². The van der Waals surface area contributed by atoms with E-state index >= 15 is 0 Å². The first-order chi connectivity index (χ1) is 15.4. The molecule has 164 valence electrons. The molecule has 0 atom stereocenters. The molecule has 3 rings (SSSR count). The lowest BCUT2D eigenvalue weighted by molar-refractivity contribution is -0.123. The zero-order chi connectivity index (χ0) is 22.9. The molecule has 0 fully saturated rings. The monoisotopic (exact) mass is 496 g/mol. The molecule has 0 aliphatic carbocycles. The summed E-state index contributed by atoms with van der Waals surface area (Å²) in [5, 5.41) is 3.92. The number of hydrogen-bond acceptors (Lipinski definition) is 6. The summed E-state index contributed by atoms with van der Waals surface area (Å²) in [6, 6.07) is 19.2. The number of ether oxygens (including phenoxy) is 3. The van der Waals surface area contributed by atoms with Crippen LogP contribution in [0, 0.1) is 6.92 Å². The molecule has 0 radical (unpaired) electrons. The highest BCUT2D eigenvalue weighted by atomic mass is 79.9. The molecule has 0 spiro atoms. The van der Waals surface area contributed by atoms with Crippen molar-refractivity contribution < 1.29 is 23.8 Å². The summed E-state index contributed by atoms with van der Waals surface area (Å²) < 4.78 is 16.9. The van der Waals surface area contributed by atoms with Gasteiger partial charge in [0.25, 0.3) is 5.91 Å². The first-order valence-electron chi connectivity index (χ1n) is 9.62. The van der Waals surface area contributed by atoms with E-state index in [2.05, 4.69) is 26.5 Å². The minimum absolute atomic E-state index is 0.159. The maximum absolute atomic E-state index is 12.4. The normalized spacial score (nSPS) is 10.6. The van der Waals surface area contributed by atoms with Gasteiger partial charge in [-0.05, 0) is 61.0 Å². The van der Waals surface area contributed by atoms with Crippen molar-refractivity contribution in [3.05, 3.63) is 87.9 Å². The molecular weight excluding hydrogens is 476 g/mol. The maximum atomic E-state index is 12.4. The van der Waals surface area contributed by atoms with Crippen LogP contribution in [0.4, 0.5) is 0 Å². The summed E-state index contributed by atoms with van der Waals surface area (Å²) in [5.74, 6) is 0.323. The molecule has 1 amide bonds. The third-order valence-corrected chi connectivity index (χ3v) is 4.74. The fourth-order valence-corrected chi connectivity index (χ4v) is 3.02. The van der Waals surface area contributed by atoms with E-state index in [0.29, 0.717) is 22.6 Å². The molecule has 3 aromatic rings. The average Bonchev–Trinajstić information content (AvgIpc) is 2.79. The van der Waals surface area contributed by atoms with Gasteiger partial charge in [0, 0.05) is 4.47 Å². The summed E-state index contributed by atoms with van der Waals surface area (Å²) >= 11 is 3.33. The van der Waals surface area contributed by atoms with E-state index in [1.807, 2.05) is 25.1 Å². The van der Waals surface area contributed by atoms with Crippen molar-refractivity contribution in [3.8, 4) is 17.2 Å². The molecule has 0 unspecified atom stereocenters. The van der Waals surface area contributed by atoms with Gasteiger partial charge < -0.3 is 14.2 Å². The van der Waals surface area contributed by atoms with Gasteiger partial charge in [-0.3, -0.25) is 4.79 Å². The van der Waals surface area contributed by atoms with Gasteiger partial charge in [-0.2, -0.15) is 5.10 Å². The van der Waals surface area contributed by atoms with Gasteiger partial charge in [0.05, 0.1) is 18.9 Å². The van der Waals surface area contributed by atoms with Crippen molar-refractivity contribution in [3.63, 3.8) is 0 Å². The molecule has 0 heterocycles. The summed E-state index contributed by atoms with van der Waals surface area (Å²) in [4.78, 5) is 24.3. The number of hydrogen-bond donors (Lipinski definition) is 1. The van der Waals surface area contributed by atoms with Crippen molar-refractivity contribution in [2.75, 3.05) is 13.7 Å². The molecule has 0 aromatic heterocycles. The zero-order valence-electron chi connectivity index (χ0n) is 17.5. The SMILES string of the molecule is COc1cc(/C=N\NC(=O)COc2ccc(C)cc2)ccc1OC(=O)c1cccc(Br)c1. The van der Waals surface area contributed by atoms with E-state index in [-0.39, 0.29) is 12.4 Å². The molecule has 1 N–H and O–H groups in total. The fraction of sp³-hybridized carbons (Fsp3) is 0.125. The Bertz CT molecular complexity index is 1130. The summed E-state index contributed by atoms with van der Waals surface area (Å²) in [6.07, 6.45) is 1.45. The Kier molecular flexibility index (Phi) is 7.99. The number of rotatable bonds is 8. The molecule has 7 nitrogen and oxygen atoms in total. The molecule has 0 aliphatic rings. The van der Waals surface area contributed by atoms with Crippen LogP contribution >= 0.6 is 15.9 Å². The highest BCUT2D eigenvalue weighted by Crippen LogP contribution is 2.28. The Morgan fingerprint density at radius 3 is 2.53 bits per heavy atom. The third-order valence-electron chi connectivity index (χ3n) is 4.24. The van der Waals surface area contributed by atoms with Crippen LogP contribution in [0.1, 0.15) is 21.5 Å². The van der Waals surface area contributed by atoms with Gasteiger partial charge in [0.2, 0.25) is 0 Å². The van der Waals surface area contributed by atoms with Gasteiger partial charge in [-0.25, -0.2) is 10.2 Å². The topological polar surface area (TPSA) is 86.2 Å². The Morgan fingerprint density at radius 2 is 1.81 bits per heavy atom. The van der Waals surface area contributed by atoms with Crippen LogP contribution in [0.15, 0.2) is 76.3 Å². The number of hydrazone groups is 1. The minimum atomic E-state index is -0.508. The first kappa shape index (κ1) is 23.0. The summed E-state index contributed by atoms with van der Waals surface area (Å²) in [6.45, 7) is 1.81. The Balaban J connectivity index is 1.56. The number of methoxy groups -OCH3 is 1. The number of nitrogens with zero attached hydrogens (tertiary/aromatic N) is 1. The number of benzene rings is 3. The predicted octanol–water partition coefficient (Wildman–Crippen LogP) is 4.51. The number of halogens is 1. The van der Waals surface area contributed by atoms with E-state index in [1.165, 1.54) is 13.3 Å². The maximum Gasteiger partial charge on any atom is 0.343 e. The minimum Gasteiger partial charge on any atom is -0.493 e. The van der Waals surface area contributed by atoms with Gasteiger partial charge in [0.1, 0.15) is 5.75 Å². The van der Waals surface area contributed by atoms with E-state index in [9.17, 15) is 9.59 Å². The highest BCUT2D eigenvalue weighted by Gasteiger charge is 2.13. The van der Waals surface area contributed by atoms with Crippen LogP contribution in [0.2, 0.25) is 0 Å². The van der Waals surface area contributed by atoms with Crippen LogP contribution < -0.4 is 19.6 Å². The van der Waals surface area contributed by atoms with Crippen LogP contribution in [-0.4, -0.2) is 31.8 Å². The quantitative estimate of drug-likeness (QED) is 0.214. The van der Waals surface area contributed by atoms with Crippen molar-refractivity contribution in [1.82, 2.24) is 5.43 Å². The van der Waals surface area contributed by atoms with E-state index < -0.39 is 11.9 Å². The summed E-state index contributed by atoms with van der Waals surface area (Å²) in [5.41, 5.74) is 4.55. The van der Waals surface area contributed by atoms with Gasteiger partial charge in [0.15, 0.2) is 18.1 Å². The number of amides is 1. The second-order valence-corrected chi connectivity index (χ2v) is 7.62.